The predicted octanol–water partition coefficient (Wildman–Crippen LogP) is 4.54. The van der Waals surface area contributed by atoms with Crippen molar-refractivity contribution in [3.05, 3.63) is 83.9 Å². The number of rotatable bonds is 11. The number of ether oxygens (including phenoxy) is 2. The molecule has 0 saturated carbocycles. The van der Waals surface area contributed by atoms with E-state index in [0.717, 1.165) is 15.4 Å². The number of aryl methyl sites for hydroxylation is 1. The molecule has 10 heteroatoms. The van der Waals surface area contributed by atoms with E-state index in [1.165, 1.54) is 37.3 Å². The third-order valence-electron chi connectivity index (χ3n) is 6.37. The number of hydrogen-bond donors (Lipinski definition) is 1. The van der Waals surface area contributed by atoms with Crippen LogP contribution in [0, 0.1) is 6.92 Å². The van der Waals surface area contributed by atoms with Crippen LogP contribution in [0.25, 0.3) is 0 Å². The molecule has 1 unspecified atom stereocenters. The van der Waals surface area contributed by atoms with Crippen LogP contribution < -0.4 is 19.1 Å². The van der Waals surface area contributed by atoms with E-state index >= 15 is 0 Å². The summed E-state index contributed by atoms with van der Waals surface area (Å²) in [6.07, 6.45) is 0. The minimum absolute atomic E-state index is 0.00133. The minimum Gasteiger partial charge on any atom is -0.497 e. The maximum absolute atomic E-state index is 14.1. The van der Waals surface area contributed by atoms with Crippen molar-refractivity contribution >= 4 is 27.5 Å². The highest BCUT2D eigenvalue weighted by molar-refractivity contribution is 7.92. The normalized spacial score (nSPS) is 12.3. The second-order valence-electron chi connectivity index (χ2n) is 10.8. The van der Waals surface area contributed by atoms with Crippen LogP contribution in [0.3, 0.4) is 0 Å². The molecule has 0 aliphatic carbocycles. The van der Waals surface area contributed by atoms with Crippen LogP contribution >= 0.6 is 0 Å². The first-order valence-corrected chi connectivity index (χ1v) is 14.7. The largest absolute Gasteiger partial charge is 0.497 e. The van der Waals surface area contributed by atoms with Gasteiger partial charge < -0.3 is 19.7 Å². The molecule has 0 bridgehead atoms. The summed E-state index contributed by atoms with van der Waals surface area (Å²) in [6.45, 7) is 8.66. The van der Waals surface area contributed by atoms with E-state index in [1.54, 1.807) is 37.3 Å². The molecule has 220 valence electrons. The second kappa shape index (κ2) is 13.1. The van der Waals surface area contributed by atoms with Gasteiger partial charge in [0.2, 0.25) is 11.8 Å². The number of benzene rings is 3. The summed E-state index contributed by atoms with van der Waals surface area (Å²) >= 11 is 0. The zero-order valence-corrected chi connectivity index (χ0v) is 25.5. The Morgan fingerprint density at radius 1 is 0.927 bits per heavy atom. The lowest BCUT2D eigenvalue weighted by Gasteiger charge is -2.34. The summed E-state index contributed by atoms with van der Waals surface area (Å²) in [5, 5.41) is 2.92. The van der Waals surface area contributed by atoms with Gasteiger partial charge in [-0.15, -0.1) is 0 Å². The molecule has 0 fully saturated rings. The van der Waals surface area contributed by atoms with Crippen molar-refractivity contribution in [1.82, 2.24) is 10.2 Å². The summed E-state index contributed by atoms with van der Waals surface area (Å²) in [6, 6.07) is 19.3. The Morgan fingerprint density at radius 2 is 1.61 bits per heavy atom. The number of methoxy groups -OCH3 is 2. The van der Waals surface area contributed by atoms with Gasteiger partial charge in [-0.1, -0.05) is 48.0 Å². The van der Waals surface area contributed by atoms with E-state index < -0.39 is 34.1 Å². The summed E-state index contributed by atoms with van der Waals surface area (Å²) in [5.74, 6) is -0.291. The second-order valence-corrected chi connectivity index (χ2v) is 12.7. The quantitative estimate of drug-likeness (QED) is 0.357. The van der Waals surface area contributed by atoms with Crippen molar-refractivity contribution in [3.63, 3.8) is 0 Å². The number of carbonyl (C=O) groups is 2. The summed E-state index contributed by atoms with van der Waals surface area (Å²) in [4.78, 5) is 28.8. The van der Waals surface area contributed by atoms with Crippen LogP contribution in [0.4, 0.5) is 5.69 Å². The molecule has 0 saturated heterocycles. The SMILES string of the molecule is COc1ccc(OC)c(N(CC(=O)N(Cc2cccc(C)c2)C(C)C(=O)NC(C)(C)C)S(=O)(=O)c2ccccc2)c1. The number of anilines is 1. The Kier molecular flexibility index (Phi) is 10.0. The van der Waals surface area contributed by atoms with Gasteiger partial charge in [0.25, 0.3) is 10.0 Å². The van der Waals surface area contributed by atoms with Gasteiger partial charge in [-0.25, -0.2) is 8.42 Å². The third-order valence-corrected chi connectivity index (χ3v) is 8.14. The molecule has 0 radical (unpaired) electrons. The average molecular weight is 582 g/mol. The molecule has 0 spiro atoms. The van der Waals surface area contributed by atoms with Gasteiger partial charge in [-0.2, -0.15) is 0 Å². The van der Waals surface area contributed by atoms with Gasteiger partial charge in [0.05, 0.1) is 24.8 Å². The van der Waals surface area contributed by atoms with Gasteiger partial charge in [0.15, 0.2) is 0 Å². The molecule has 2 amide bonds. The van der Waals surface area contributed by atoms with E-state index in [2.05, 4.69) is 5.32 Å². The third kappa shape index (κ3) is 8.00. The first-order valence-electron chi connectivity index (χ1n) is 13.2. The van der Waals surface area contributed by atoms with E-state index in [9.17, 15) is 18.0 Å². The molecule has 0 aliphatic rings. The van der Waals surface area contributed by atoms with Crippen LogP contribution in [0.1, 0.15) is 38.8 Å². The number of hydrogen-bond acceptors (Lipinski definition) is 6. The number of sulfonamides is 1. The van der Waals surface area contributed by atoms with Crippen LogP contribution in [0.2, 0.25) is 0 Å². The van der Waals surface area contributed by atoms with Gasteiger partial charge >= 0.3 is 0 Å². The smallest absolute Gasteiger partial charge is 0.264 e. The lowest BCUT2D eigenvalue weighted by molar-refractivity contribution is -0.140. The topological polar surface area (TPSA) is 105 Å². The zero-order chi connectivity index (χ0) is 30.4. The number of amides is 2. The number of nitrogens with one attached hydrogen (secondary N) is 1. The molecule has 9 nitrogen and oxygen atoms in total. The van der Waals surface area contributed by atoms with Crippen LogP contribution in [-0.4, -0.2) is 57.5 Å². The lowest BCUT2D eigenvalue weighted by Crippen LogP contribution is -2.54. The van der Waals surface area contributed by atoms with Crippen LogP contribution in [0.5, 0.6) is 11.5 Å². The highest BCUT2D eigenvalue weighted by Crippen LogP contribution is 2.36. The molecule has 3 rings (SSSR count). The van der Waals surface area contributed by atoms with Gasteiger partial charge in [-0.3, -0.25) is 13.9 Å². The molecule has 3 aromatic carbocycles. The molecule has 3 aromatic rings. The van der Waals surface area contributed by atoms with E-state index in [1.807, 2.05) is 52.0 Å². The van der Waals surface area contributed by atoms with Crippen molar-refractivity contribution in [2.75, 3.05) is 25.1 Å². The Balaban J connectivity index is 2.12. The molecule has 1 N–H and O–H groups in total. The highest BCUT2D eigenvalue weighted by atomic mass is 32.2. The van der Waals surface area contributed by atoms with Crippen molar-refractivity contribution in [2.45, 2.75) is 57.6 Å². The standard InChI is InChI=1S/C31H39N3O6S/c1-22-12-11-13-24(18-22)20-33(23(2)30(36)32-31(3,4)5)29(35)21-34(41(37,38)26-14-9-8-10-15-26)27-19-25(39-6)16-17-28(27)40-7/h8-19,23H,20-21H2,1-7H3,(H,32,36). The lowest BCUT2D eigenvalue weighted by atomic mass is 10.1. The van der Waals surface area contributed by atoms with Gasteiger partial charge in [0.1, 0.15) is 24.1 Å². The Morgan fingerprint density at radius 3 is 2.20 bits per heavy atom. The van der Waals surface area contributed by atoms with Crippen molar-refractivity contribution < 1.29 is 27.5 Å². The first-order chi connectivity index (χ1) is 19.3. The van der Waals surface area contributed by atoms with E-state index in [4.69, 9.17) is 9.47 Å². The number of carbonyl (C=O) groups excluding carboxylic acids is 2. The Hall–Kier alpha value is -4.05. The molecule has 1 atom stereocenters. The Labute approximate surface area is 243 Å². The van der Waals surface area contributed by atoms with Gasteiger partial charge in [0, 0.05) is 18.2 Å². The highest BCUT2D eigenvalue weighted by Gasteiger charge is 2.34. The van der Waals surface area contributed by atoms with Crippen molar-refractivity contribution in [3.8, 4) is 11.5 Å². The fourth-order valence-electron chi connectivity index (χ4n) is 4.29. The van der Waals surface area contributed by atoms with Crippen LogP contribution in [-0.2, 0) is 26.2 Å². The molecule has 41 heavy (non-hydrogen) atoms. The maximum atomic E-state index is 14.1. The molecular weight excluding hydrogens is 542 g/mol. The summed E-state index contributed by atoms with van der Waals surface area (Å²) in [5.41, 5.74) is 1.41. The summed E-state index contributed by atoms with van der Waals surface area (Å²) < 4.78 is 39.9. The van der Waals surface area contributed by atoms with Gasteiger partial charge in [-0.05, 0) is 64.4 Å². The number of nitrogens with zero attached hydrogens (tertiary/aromatic N) is 2. The fourth-order valence-corrected chi connectivity index (χ4v) is 5.73. The predicted molar refractivity (Wildman–Crippen MR) is 160 cm³/mol. The average Bonchev–Trinajstić information content (AvgIpc) is 2.93. The molecule has 0 heterocycles. The minimum atomic E-state index is -4.24. The van der Waals surface area contributed by atoms with E-state index in [0.29, 0.717) is 5.75 Å². The zero-order valence-electron chi connectivity index (χ0n) is 24.7. The monoisotopic (exact) mass is 581 g/mol. The Bertz CT molecular complexity index is 1470. The summed E-state index contributed by atoms with van der Waals surface area (Å²) in [7, 11) is -1.36. The first kappa shape index (κ1) is 31.5. The fraction of sp³-hybridized carbons (Fsp3) is 0.355. The molecular formula is C31H39N3O6S. The molecule has 0 aromatic heterocycles. The van der Waals surface area contributed by atoms with Crippen molar-refractivity contribution in [2.24, 2.45) is 0 Å². The van der Waals surface area contributed by atoms with Crippen molar-refractivity contribution in [1.29, 1.82) is 0 Å². The maximum Gasteiger partial charge on any atom is 0.264 e. The van der Waals surface area contributed by atoms with E-state index in [-0.39, 0.29) is 28.8 Å². The van der Waals surface area contributed by atoms with Crippen LogP contribution in [0.15, 0.2) is 77.7 Å². The molecule has 0 aliphatic heterocycles.